The van der Waals surface area contributed by atoms with Crippen LogP contribution in [0.3, 0.4) is 0 Å². The lowest BCUT2D eigenvalue weighted by molar-refractivity contribution is 0.625. The molecule has 3 aromatic rings. The molecule has 0 amide bonds. The number of nitrogens with one attached hydrogen (secondary N) is 1. The Kier molecular flexibility index (Phi) is 3.15. The molecule has 0 aliphatic rings. The van der Waals surface area contributed by atoms with Crippen molar-refractivity contribution in [3.8, 4) is 17.1 Å². The predicted octanol–water partition coefficient (Wildman–Crippen LogP) is 3.44. The van der Waals surface area contributed by atoms with Crippen molar-refractivity contribution in [2.45, 2.75) is 6.92 Å². The molecule has 0 bridgehead atoms. The third-order valence-electron chi connectivity index (χ3n) is 2.88. The first-order chi connectivity index (χ1) is 9.65. The molecule has 2 aromatic heterocycles. The van der Waals surface area contributed by atoms with Gasteiger partial charge in [-0.25, -0.2) is 4.39 Å². The Bertz CT molecular complexity index is 787. The lowest BCUT2D eigenvalue weighted by Gasteiger charge is -2.08. The number of H-pyrrole nitrogens is 1. The second-order valence-corrected chi connectivity index (χ2v) is 4.80. The summed E-state index contributed by atoms with van der Waals surface area (Å²) in [6, 6.07) is 8.44. The molecule has 1 N–H and O–H groups in total. The molecule has 6 heteroatoms. The third-order valence-corrected chi connectivity index (χ3v) is 3.15. The largest absolute Gasteiger partial charge is 0.268 e. The quantitative estimate of drug-likeness (QED) is 0.734. The second-order valence-electron chi connectivity index (χ2n) is 4.42. The average molecular weight is 286 g/mol. The molecule has 3 rings (SSSR count). The number of pyridine rings is 1. The van der Waals surface area contributed by atoms with Crippen LogP contribution in [0.2, 0.25) is 0 Å². The minimum absolute atomic E-state index is 0.305. The molecule has 0 radical (unpaired) electrons. The zero-order valence-electron chi connectivity index (χ0n) is 10.7. The van der Waals surface area contributed by atoms with Crippen molar-refractivity contribution in [1.29, 1.82) is 0 Å². The van der Waals surface area contributed by atoms with Gasteiger partial charge < -0.3 is 0 Å². The predicted molar refractivity (Wildman–Crippen MR) is 76.7 cm³/mol. The summed E-state index contributed by atoms with van der Waals surface area (Å²) >= 11 is 5.24. The van der Waals surface area contributed by atoms with Gasteiger partial charge in [-0.1, -0.05) is 0 Å². The molecule has 0 spiro atoms. The molecule has 0 saturated heterocycles. The van der Waals surface area contributed by atoms with Crippen LogP contribution in [0.1, 0.15) is 5.56 Å². The molecular weight excluding hydrogens is 275 g/mol. The van der Waals surface area contributed by atoms with Gasteiger partial charge in [0.1, 0.15) is 5.82 Å². The summed E-state index contributed by atoms with van der Waals surface area (Å²) in [7, 11) is 0. The number of aromatic amines is 1. The highest BCUT2D eigenvalue weighted by atomic mass is 32.1. The van der Waals surface area contributed by atoms with E-state index < -0.39 is 0 Å². The first-order valence-corrected chi connectivity index (χ1v) is 6.41. The van der Waals surface area contributed by atoms with Crippen LogP contribution in [0.25, 0.3) is 17.1 Å². The summed E-state index contributed by atoms with van der Waals surface area (Å²) in [6.45, 7) is 1.83. The van der Waals surface area contributed by atoms with Crippen molar-refractivity contribution in [2.24, 2.45) is 0 Å². The van der Waals surface area contributed by atoms with Gasteiger partial charge in [-0.15, -0.1) is 0 Å². The molecule has 1 aromatic carbocycles. The maximum Gasteiger partial charge on any atom is 0.200 e. The highest BCUT2D eigenvalue weighted by Gasteiger charge is 2.11. The fourth-order valence-electron chi connectivity index (χ4n) is 2.07. The molecule has 2 heterocycles. The monoisotopic (exact) mass is 286 g/mol. The molecule has 20 heavy (non-hydrogen) atoms. The van der Waals surface area contributed by atoms with E-state index in [2.05, 4.69) is 15.2 Å². The van der Waals surface area contributed by atoms with E-state index in [0.717, 1.165) is 11.1 Å². The van der Waals surface area contributed by atoms with Gasteiger partial charge in [-0.05, 0) is 55.0 Å². The van der Waals surface area contributed by atoms with Gasteiger partial charge in [0, 0.05) is 18.0 Å². The Morgan fingerprint density at radius 1 is 1.30 bits per heavy atom. The van der Waals surface area contributed by atoms with E-state index in [-0.39, 0.29) is 5.82 Å². The van der Waals surface area contributed by atoms with Gasteiger partial charge >= 0.3 is 0 Å². The van der Waals surface area contributed by atoms with E-state index in [4.69, 9.17) is 12.2 Å². The summed E-state index contributed by atoms with van der Waals surface area (Å²) in [6.07, 6.45) is 3.37. The SMILES string of the molecule is Cc1cc(F)cc(-n2c(-c3cccnc3)n[nH]c2=S)c1. The van der Waals surface area contributed by atoms with Gasteiger partial charge in [0.15, 0.2) is 10.6 Å². The van der Waals surface area contributed by atoms with E-state index in [1.165, 1.54) is 12.1 Å². The number of aryl methyl sites for hydroxylation is 1. The summed E-state index contributed by atoms with van der Waals surface area (Å²) < 4.78 is 15.7. The lowest BCUT2D eigenvalue weighted by Crippen LogP contribution is -1.99. The average Bonchev–Trinajstić information content (AvgIpc) is 2.80. The molecule has 0 saturated carbocycles. The van der Waals surface area contributed by atoms with E-state index in [9.17, 15) is 4.39 Å². The molecule has 0 unspecified atom stereocenters. The second kappa shape index (κ2) is 4.97. The minimum Gasteiger partial charge on any atom is -0.268 e. The van der Waals surface area contributed by atoms with Gasteiger partial charge in [0.05, 0.1) is 5.69 Å². The molecule has 4 nitrogen and oxygen atoms in total. The van der Waals surface area contributed by atoms with Crippen LogP contribution in [-0.4, -0.2) is 19.7 Å². The highest BCUT2D eigenvalue weighted by Crippen LogP contribution is 2.22. The first-order valence-electron chi connectivity index (χ1n) is 6.00. The molecular formula is C14H11FN4S. The van der Waals surface area contributed by atoms with Crippen LogP contribution in [0.4, 0.5) is 4.39 Å². The summed E-state index contributed by atoms with van der Waals surface area (Å²) in [4.78, 5) is 4.06. The maximum absolute atomic E-state index is 13.6. The van der Waals surface area contributed by atoms with Crippen molar-refractivity contribution in [1.82, 2.24) is 19.7 Å². The standard InChI is InChI=1S/C14H11FN4S/c1-9-5-11(15)7-12(6-9)19-13(17-18-14(19)20)10-3-2-4-16-8-10/h2-8H,1H3,(H,18,20). The molecule has 0 fully saturated rings. The number of hydrogen-bond donors (Lipinski definition) is 1. The van der Waals surface area contributed by atoms with E-state index in [1.807, 2.05) is 25.1 Å². The van der Waals surface area contributed by atoms with Crippen molar-refractivity contribution < 1.29 is 4.39 Å². The van der Waals surface area contributed by atoms with Gasteiger partial charge in [-0.3, -0.25) is 14.6 Å². The number of hydrogen-bond acceptors (Lipinski definition) is 3. The van der Waals surface area contributed by atoms with Crippen LogP contribution < -0.4 is 0 Å². The maximum atomic E-state index is 13.6. The normalized spacial score (nSPS) is 10.7. The van der Waals surface area contributed by atoms with Crippen molar-refractivity contribution >= 4 is 12.2 Å². The summed E-state index contributed by atoms with van der Waals surface area (Å²) in [5.41, 5.74) is 2.27. The first kappa shape index (κ1) is 12.7. The Morgan fingerprint density at radius 3 is 2.85 bits per heavy atom. The lowest BCUT2D eigenvalue weighted by atomic mass is 10.2. The van der Waals surface area contributed by atoms with E-state index >= 15 is 0 Å². The zero-order chi connectivity index (χ0) is 14.1. The molecule has 0 aliphatic carbocycles. The third kappa shape index (κ3) is 2.25. The number of nitrogens with zero attached hydrogens (tertiary/aromatic N) is 3. The fourth-order valence-corrected chi connectivity index (χ4v) is 2.31. The number of benzene rings is 1. The highest BCUT2D eigenvalue weighted by molar-refractivity contribution is 7.71. The van der Waals surface area contributed by atoms with Gasteiger partial charge in [0.2, 0.25) is 0 Å². The minimum atomic E-state index is -0.305. The Morgan fingerprint density at radius 2 is 2.15 bits per heavy atom. The summed E-state index contributed by atoms with van der Waals surface area (Å²) in [5, 5.41) is 6.94. The van der Waals surface area contributed by atoms with Crippen molar-refractivity contribution in [2.75, 3.05) is 0 Å². The van der Waals surface area contributed by atoms with Crippen LogP contribution >= 0.6 is 12.2 Å². The number of halogens is 1. The zero-order valence-corrected chi connectivity index (χ0v) is 11.5. The molecule has 100 valence electrons. The number of rotatable bonds is 2. The van der Waals surface area contributed by atoms with Crippen LogP contribution in [0.15, 0.2) is 42.7 Å². The Balaban J connectivity index is 2.24. The van der Waals surface area contributed by atoms with Crippen molar-refractivity contribution in [3.05, 3.63) is 58.9 Å². The molecule has 0 aliphatic heterocycles. The topological polar surface area (TPSA) is 46.5 Å². The Hall–Kier alpha value is -2.34. The van der Waals surface area contributed by atoms with Gasteiger partial charge in [0.25, 0.3) is 0 Å². The Labute approximate surface area is 119 Å². The van der Waals surface area contributed by atoms with Gasteiger partial charge in [-0.2, -0.15) is 5.10 Å². The van der Waals surface area contributed by atoms with Crippen LogP contribution in [0, 0.1) is 17.5 Å². The van der Waals surface area contributed by atoms with Crippen LogP contribution in [0.5, 0.6) is 0 Å². The van der Waals surface area contributed by atoms with Crippen molar-refractivity contribution in [3.63, 3.8) is 0 Å². The molecule has 0 atom stereocenters. The smallest absolute Gasteiger partial charge is 0.200 e. The fraction of sp³-hybridized carbons (Fsp3) is 0.0714. The summed E-state index contributed by atoms with van der Waals surface area (Å²) in [5.74, 6) is 0.299. The number of aromatic nitrogens is 4. The van der Waals surface area contributed by atoms with E-state index in [1.54, 1.807) is 17.0 Å². The van der Waals surface area contributed by atoms with Crippen LogP contribution in [-0.2, 0) is 0 Å². The van der Waals surface area contributed by atoms with E-state index in [0.29, 0.717) is 16.3 Å².